The highest BCUT2D eigenvalue weighted by molar-refractivity contribution is 6.68. The van der Waals surface area contributed by atoms with Gasteiger partial charge in [0.1, 0.15) is 5.15 Å². The van der Waals surface area contributed by atoms with Crippen molar-refractivity contribution in [3.63, 3.8) is 0 Å². The number of hydrogen-bond donors (Lipinski definition) is 0. The summed E-state index contributed by atoms with van der Waals surface area (Å²) in [7, 11) is 0. The first-order chi connectivity index (χ1) is 4.72. The summed E-state index contributed by atoms with van der Waals surface area (Å²) in [5.74, 6) is 0. The summed E-state index contributed by atoms with van der Waals surface area (Å²) >= 11 is 10.6. The van der Waals surface area contributed by atoms with Crippen LogP contribution in [0.1, 0.15) is 10.4 Å². The third-order valence-corrected chi connectivity index (χ3v) is 1.48. The van der Waals surface area contributed by atoms with E-state index >= 15 is 0 Å². The second-order valence-corrected chi connectivity index (χ2v) is 2.32. The van der Waals surface area contributed by atoms with Gasteiger partial charge in [0.05, 0.1) is 5.56 Å². The number of aromatic nitrogens is 1. The lowest BCUT2D eigenvalue weighted by molar-refractivity contribution is 0.108. The molecule has 1 rings (SSSR count). The van der Waals surface area contributed by atoms with Crippen molar-refractivity contribution in [1.29, 1.82) is 0 Å². The molecule has 1 aromatic rings. The molecule has 0 spiro atoms. The van der Waals surface area contributed by atoms with Crippen molar-refractivity contribution in [2.75, 3.05) is 0 Å². The Kier molecular flexibility index (Phi) is 4.00. The monoisotopic (exact) mass is 195 g/mol. The third-order valence-electron chi connectivity index (χ3n) is 0.971. The van der Waals surface area contributed by atoms with E-state index in [0.717, 1.165) is 0 Å². The molecule has 1 aromatic heterocycles. The zero-order chi connectivity index (χ0) is 7.56. The van der Waals surface area contributed by atoms with E-state index in [4.69, 9.17) is 23.2 Å². The van der Waals surface area contributed by atoms with Crippen LogP contribution in [0.4, 0.5) is 4.70 Å². The standard InChI is InChI=1S/C6H3Cl2NO.FH/c7-5-4(6(8)10)2-1-3-9-5;/h1-3H;1H. The van der Waals surface area contributed by atoms with E-state index < -0.39 is 5.24 Å². The molecule has 0 atom stereocenters. The molecule has 0 saturated heterocycles. The molecule has 0 aromatic carbocycles. The maximum absolute atomic E-state index is 10.5. The van der Waals surface area contributed by atoms with E-state index in [9.17, 15) is 4.79 Å². The zero-order valence-electron chi connectivity index (χ0n) is 5.25. The highest BCUT2D eigenvalue weighted by atomic mass is 35.5. The molecule has 0 saturated carbocycles. The minimum Gasteiger partial charge on any atom is -0.275 e. The lowest BCUT2D eigenvalue weighted by Crippen LogP contribution is -1.90. The van der Waals surface area contributed by atoms with Crippen LogP contribution in [0.2, 0.25) is 5.15 Å². The van der Waals surface area contributed by atoms with Gasteiger partial charge < -0.3 is 0 Å². The number of carbonyl (C=O) groups excluding carboxylic acids is 1. The van der Waals surface area contributed by atoms with Gasteiger partial charge in [0, 0.05) is 6.20 Å². The molecule has 2 nitrogen and oxygen atoms in total. The van der Waals surface area contributed by atoms with Crippen molar-refractivity contribution in [1.82, 2.24) is 4.98 Å². The van der Waals surface area contributed by atoms with E-state index in [0.29, 0.717) is 0 Å². The van der Waals surface area contributed by atoms with Gasteiger partial charge in [-0.3, -0.25) is 9.50 Å². The maximum atomic E-state index is 10.5. The van der Waals surface area contributed by atoms with Gasteiger partial charge in [0.15, 0.2) is 0 Å². The molecule has 11 heavy (non-hydrogen) atoms. The smallest absolute Gasteiger partial charge is 0.255 e. The molecule has 0 amide bonds. The van der Waals surface area contributed by atoms with Crippen LogP contribution < -0.4 is 0 Å². The Balaban J connectivity index is 0.000001000. The Morgan fingerprint density at radius 2 is 2.18 bits per heavy atom. The first-order valence-electron chi connectivity index (χ1n) is 2.52. The Hall–Kier alpha value is -0.670. The zero-order valence-corrected chi connectivity index (χ0v) is 6.76. The van der Waals surface area contributed by atoms with Crippen LogP contribution in [0.5, 0.6) is 0 Å². The summed E-state index contributed by atoms with van der Waals surface area (Å²) in [6.45, 7) is 0. The summed E-state index contributed by atoms with van der Waals surface area (Å²) in [5.41, 5.74) is 0.242. The molecule has 0 aliphatic heterocycles. The van der Waals surface area contributed by atoms with Gasteiger partial charge in [-0.2, -0.15) is 0 Å². The molecule has 0 fully saturated rings. The number of hydrogen-bond acceptors (Lipinski definition) is 2. The first kappa shape index (κ1) is 10.3. The van der Waals surface area contributed by atoms with Crippen molar-refractivity contribution < 1.29 is 9.50 Å². The van der Waals surface area contributed by atoms with Gasteiger partial charge in [0.25, 0.3) is 5.24 Å². The average Bonchev–Trinajstić information content (AvgIpc) is 1.88. The molecular weight excluding hydrogens is 192 g/mol. The first-order valence-corrected chi connectivity index (χ1v) is 3.28. The molecule has 0 N–H and O–H groups in total. The largest absolute Gasteiger partial charge is 0.275 e. The van der Waals surface area contributed by atoms with E-state index in [2.05, 4.69) is 4.98 Å². The molecule has 0 aliphatic rings. The van der Waals surface area contributed by atoms with Crippen LogP contribution in [0.3, 0.4) is 0 Å². The van der Waals surface area contributed by atoms with Crippen LogP contribution in [-0.2, 0) is 0 Å². The Labute approximate surface area is 72.5 Å². The normalized spacial score (nSPS) is 8.55. The van der Waals surface area contributed by atoms with Gasteiger partial charge in [0.2, 0.25) is 0 Å². The van der Waals surface area contributed by atoms with Gasteiger partial charge in [-0.1, -0.05) is 11.6 Å². The van der Waals surface area contributed by atoms with E-state index in [1.165, 1.54) is 12.3 Å². The number of rotatable bonds is 1. The van der Waals surface area contributed by atoms with Crippen LogP contribution >= 0.6 is 23.2 Å². The lowest BCUT2D eigenvalue weighted by Gasteiger charge is -1.92. The van der Waals surface area contributed by atoms with Crippen LogP contribution in [0.15, 0.2) is 18.3 Å². The Morgan fingerprint density at radius 1 is 1.55 bits per heavy atom. The lowest BCUT2D eigenvalue weighted by atomic mass is 10.3. The Bertz CT molecular complexity index is 267. The average molecular weight is 196 g/mol. The van der Waals surface area contributed by atoms with Crippen molar-refractivity contribution in [2.45, 2.75) is 0 Å². The summed E-state index contributed by atoms with van der Waals surface area (Å²) in [4.78, 5) is 14.2. The second-order valence-electron chi connectivity index (χ2n) is 1.62. The fourth-order valence-corrected chi connectivity index (χ4v) is 0.939. The fraction of sp³-hybridized carbons (Fsp3) is 0. The third kappa shape index (κ3) is 2.44. The molecule has 0 unspecified atom stereocenters. The fourth-order valence-electron chi connectivity index (χ4n) is 0.533. The van der Waals surface area contributed by atoms with Crippen LogP contribution in [-0.4, -0.2) is 10.2 Å². The minimum atomic E-state index is -0.585. The molecule has 5 heteroatoms. The van der Waals surface area contributed by atoms with Crippen molar-refractivity contribution in [2.24, 2.45) is 0 Å². The predicted octanol–water partition coefficient (Wildman–Crippen LogP) is 2.27. The summed E-state index contributed by atoms with van der Waals surface area (Å²) < 4.78 is 0. The van der Waals surface area contributed by atoms with Crippen molar-refractivity contribution in [3.8, 4) is 0 Å². The number of pyridine rings is 1. The number of nitrogens with zero attached hydrogens (tertiary/aromatic N) is 1. The van der Waals surface area contributed by atoms with E-state index in [-0.39, 0.29) is 15.4 Å². The SMILES string of the molecule is F.O=C(Cl)c1cccnc1Cl. The topological polar surface area (TPSA) is 30.0 Å². The summed E-state index contributed by atoms with van der Waals surface area (Å²) in [6, 6.07) is 3.12. The van der Waals surface area contributed by atoms with E-state index in [1.807, 2.05) is 0 Å². The summed E-state index contributed by atoms with van der Waals surface area (Å²) in [5, 5.41) is -0.444. The van der Waals surface area contributed by atoms with Gasteiger partial charge in [-0.25, -0.2) is 4.98 Å². The molecule has 60 valence electrons. The Morgan fingerprint density at radius 3 is 2.55 bits per heavy atom. The maximum Gasteiger partial charge on any atom is 0.255 e. The molecule has 0 aliphatic carbocycles. The highest BCUT2D eigenvalue weighted by Crippen LogP contribution is 2.13. The van der Waals surface area contributed by atoms with Crippen LogP contribution in [0, 0.1) is 0 Å². The molecule has 0 bridgehead atoms. The van der Waals surface area contributed by atoms with Gasteiger partial charge in [-0.15, -0.1) is 0 Å². The minimum absolute atomic E-state index is 0. The summed E-state index contributed by atoms with van der Waals surface area (Å²) in [6.07, 6.45) is 1.49. The predicted molar refractivity (Wildman–Crippen MR) is 41.9 cm³/mol. The van der Waals surface area contributed by atoms with Crippen molar-refractivity contribution in [3.05, 3.63) is 29.0 Å². The molecule has 0 radical (unpaired) electrons. The van der Waals surface area contributed by atoms with Gasteiger partial charge >= 0.3 is 0 Å². The second kappa shape index (κ2) is 4.26. The molecular formula is C6H4Cl2FNO. The quantitative estimate of drug-likeness (QED) is 0.509. The van der Waals surface area contributed by atoms with Gasteiger partial charge in [-0.05, 0) is 23.7 Å². The number of halogens is 3. The van der Waals surface area contributed by atoms with Crippen molar-refractivity contribution >= 4 is 28.4 Å². The van der Waals surface area contributed by atoms with E-state index in [1.54, 1.807) is 6.07 Å². The highest BCUT2D eigenvalue weighted by Gasteiger charge is 2.05. The number of carbonyl (C=O) groups is 1. The van der Waals surface area contributed by atoms with Crippen LogP contribution in [0.25, 0.3) is 0 Å². The molecule has 1 heterocycles.